The van der Waals surface area contributed by atoms with E-state index >= 15 is 0 Å². The first-order valence-electron chi connectivity index (χ1n) is 11.2. The van der Waals surface area contributed by atoms with E-state index in [1.165, 1.54) is 16.0 Å². The minimum Gasteiger partial charge on any atom is -0.223 e. The third kappa shape index (κ3) is 3.87. The first-order chi connectivity index (χ1) is 16.7. The zero-order valence-corrected chi connectivity index (χ0v) is 20.1. The second kappa shape index (κ2) is 8.67. The van der Waals surface area contributed by atoms with Crippen LogP contribution >= 0.6 is 22.9 Å². The second-order valence-corrected chi connectivity index (χ2v) is 9.78. The van der Waals surface area contributed by atoms with Crippen molar-refractivity contribution in [3.8, 4) is 11.3 Å². The van der Waals surface area contributed by atoms with Gasteiger partial charge in [-0.15, -0.1) is 11.3 Å². The lowest BCUT2D eigenvalue weighted by atomic mass is 10.0. The van der Waals surface area contributed by atoms with E-state index in [0.29, 0.717) is 11.0 Å². The van der Waals surface area contributed by atoms with E-state index in [4.69, 9.17) is 26.7 Å². The number of thiophene rings is 1. The summed E-state index contributed by atoms with van der Waals surface area (Å²) in [6.45, 7) is 2.10. The Hall–Kier alpha value is -3.54. The smallest absolute Gasteiger partial charge is 0.223 e. The van der Waals surface area contributed by atoms with Crippen molar-refractivity contribution in [2.75, 3.05) is 5.01 Å². The maximum atomic E-state index is 6.35. The zero-order valence-electron chi connectivity index (χ0n) is 18.5. The number of aromatic nitrogens is 2. The lowest BCUT2D eigenvalue weighted by molar-refractivity contribution is 0.689. The van der Waals surface area contributed by atoms with Gasteiger partial charge in [0.2, 0.25) is 5.95 Å². The molecule has 0 saturated carbocycles. The van der Waals surface area contributed by atoms with Gasteiger partial charge < -0.3 is 0 Å². The number of hydrazone groups is 1. The molecule has 34 heavy (non-hydrogen) atoms. The molecule has 0 aliphatic carbocycles. The zero-order chi connectivity index (χ0) is 23.1. The molecule has 0 amide bonds. The van der Waals surface area contributed by atoms with Crippen molar-refractivity contribution in [1.29, 1.82) is 0 Å². The van der Waals surface area contributed by atoms with Crippen LogP contribution in [0.4, 0.5) is 5.95 Å². The van der Waals surface area contributed by atoms with Crippen LogP contribution in [-0.4, -0.2) is 15.7 Å². The Balaban J connectivity index is 1.54. The Labute approximate surface area is 207 Å². The Morgan fingerprint density at radius 2 is 1.74 bits per heavy atom. The van der Waals surface area contributed by atoms with Gasteiger partial charge in [0.1, 0.15) is 0 Å². The van der Waals surface area contributed by atoms with E-state index in [-0.39, 0.29) is 6.04 Å². The number of nitrogens with zero attached hydrogens (tertiary/aromatic N) is 4. The normalized spacial score (nSPS) is 15.6. The van der Waals surface area contributed by atoms with Crippen molar-refractivity contribution in [3.05, 3.63) is 111 Å². The third-order valence-electron chi connectivity index (χ3n) is 6.08. The summed E-state index contributed by atoms with van der Waals surface area (Å²) in [7, 11) is 0. The number of halogens is 1. The van der Waals surface area contributed by atoms with Crippen LogP contribution < -0.4 is 5.01 Å². The van der Waals surface area contributed by atoms with Gasteiger partial charge in [0.15, 0.2) is 0 Å². The van der Waals surface area contributed by atoms with Gasteiger partial charge in [-0.05, 0) is 42.1 Å². The summed E-state index contributed by atoms with van der Waals surface area (Å²) in [4.78, 5) is 11.2. The van der Waals surface area contributed by atoms with Gasteiger partial charge in [0, 0.05) is 22.4 Å². The van der Waals surface area contributed by atoms with Gasteiger partial charge >= 0.3 is 0 Å². The average molecular weight is 481 g/mol. The van der Waals surface area contributed by atoms with E-state index in [9.17, 15) is 0 Å². The third-order valence-corrected chi connectivity index (χ3v) is 7.23. The van der Waals surface area contributed by atoms with Crippen LogP contribution in [0, 0.1) is 6.92 Å². The Morgan fingerprint density at radius 1 is 0.912 bits per heavy atom. The largest absolute Gasteiger partial charge is 0.247 e. The van der Waals surface area contributed by atoms with Gasteiger partial charge in [-0.2, -0.15) is 5.10 Å². The van der Waals surface area contributed by atoms with Crippen molar-refractivity contribution in [2.24, 2.45) is 5.10 Å². The molecular weight excluding hydrogens is 460 g/mol. The molecule has 4 nitrogen and oxygen atoms in total. The van der Waals surface area contributed by atoms with Gasteiger partial charge in [-0.1, -0.05) is 77.8 Å². The molecule has 1 aliphatic heterocycles. The first-order valence-corrected chi connectivity index (χ1v) is 12.4. The molecule has 1 atom stereocenters. The van der Waals surface area contributed by atoms with E-state index < -0.39 is 0 Å². The highest BCUT2D eigenvalue weighted by molar-refractivity contribution is 7.12. The number of anilines is 1. The van der Waals surface area contributed by atoms with Crippen LogP contribution in [0.1, 0.15) is 28.5 Å². The molecule has 166 valence electrons. The van der Waals surface area contributed by atoms with Crippen LogP contribution in [0.15, 0.2) is 95.4 Å². The molecule has 3 aromatic carbocycles. The molecule has 0 spiro atoms. The lowest BCUT2D eigenvalue weighted by Crippen LogP contribution is -2.21. The lowest BCUT2D eigenvalue weighted by Gasteiger charge is -2.23. The molecule has 0 radical (unpaired) electrons. The molecule has 6 rings (SSSR count). The highest BCUT2D eigenvalue weighted by atomic mass is 35.5. The van der Waals surface area contributed by atoms with Crippen LogP contribution in [0.2, 0.25) is 5.02 Å². The van der Waals surface area contributed by atoms with Gasteiger partial charge in [-0.25, -0.2) is 15.0 Å². The standard InChI is InChI=1S/C28H21ClN4S/c1-18-9-11-19(12-10-18)25-17-24(26-8-5-15-34-26)32-33(25)28-30-23-14-13-21(29)16-22(23)27(31-28)20-6-3-2-4-7-20/h2-16,25H,17H2,1H3. The Kier molecular flexibility index (Phi) is 5.36. The maximum Gasteiger partial charge on any atom is 0.247 e. The van der Waals surface area contributed by atoms with Crippen molar-refractivity contribution in [3.63, 3.8) is 0 Å². The second-order valence-electron chi connectivity index (χ2n) is 8.40. The molecule has 1 unspecified atom stereocenters. The van der Waals surface area contributed by atoms with Crippen LogP contribution in [0.3, 0.4) is 0 Å². The molecule has 2 aromatic heterocycles. The number of hydrogen-bond donors (Lipinski definition) is 0. The fraction of sp³-hybridized carbons (Fsp3) is 0.107. The monoisotopic (exact) mass is 480 g/mol. The Morgan fingerprint density at radius 3 is 2.50 bits per heavy atom. The van der Waals surface area contributed by atoms with Gasteiger partial charge in [0.05, 0.1) is 27.8 Å². The van der Waals surface area contributed by atoms with Crippen molar-refractivity contribution in [1.82, 2.24) is 9.97 Å². The molecule has 0 N–H and O–H groups in total. The van der Waals surface area contributed by atoms with Crippen LogP contribution in [-0.2, 0) is 0 Å². The van der Waals surface area contributed by atoms with Gasteiger partial charge in [-0.3, -0.25) is 0 Å². The minimum absolute atomic E-state index is 0.0195. The summed E-state index contributed by atoms with van der Waals surface area (Å²) in [5, 5.41) is 10.7. The first kappa shape index (κ1) is 21.0. The quantitative estimate of drug-likeness (QED) is 0.265. The number of benzene rings is 3. The summed E-state index contributed by atoms with van der Waals surface area (Å²) in [5.41, 5.74) is 6.20. The molecule has 3 heterocycles. The SMILES string of the molecule is Cc1ccc(C2CC(c3cccs3)=NN2c2nc(-c3ccccc3)c3cc(Cl)ccc3n2)cc1. The molecule has 0 saturated heterocycles. The van der Waals surface area contributed by atoms with Crippen molar-refractivity contribution >= 4 is 45.5 Å². The molecule has 0 bridgehead atoms. The van der Waals surface area contributed by atoms with Crippen LogP contribution in [0.25, 0.3) is 22.2 Å². The molecule has 6 heteroatoms. The topological polar surface area (TPSA) is 41.4 Å². The van der Waals surface area contributed by atoms with Crippen molar-refractivity contribution in [2.45, 2.75) is 19.4 Å². The minimum atomic E-state index is 0.0195. The fourth-order valence-corrected chi connectivity index (χ4v) is 5.23. The summed E-state index contributed by atoms with van der Waals surface area (Å²) >= 11 is 8.06. The molecule has 0 fully saturated rings. The predicted molar refractivity (Wildman–Crippen MR) is 142 cm³/mol. The number of hydrogen-bond acceptors (Lipinski definition) is 5. The number of fused-ring (bicyclic) bond motifs is 1. The summed E-state index contributed by atoms with van der Waals surface area (Å²) < 4.78 is 0. The summed E-state index contributed by atoms with van der Waals surface area (Å²) in [6, 6.07) is 28.8. The Bertz CT molecular complexity index is 1500. The highest BCUT2D eigenvalue weighted by Crippen LogP contribution is 2.38. The number of rotatable bonds is 4. The maximum absolute atomic E-state index is 6.35. The van der Waals surface area contributed by atoms with Crippen LogP contribution in [0.5, 0.6) is 0 Å². The molecule has 5 aromatic rings. The fourth-order valence-electron chi connectivity index (χ4n) is 4.34. The van der Waals surface area contributed by atoms with Gasteiger partial charge in [0.25, 0.3) is 0 Å². The van der Waals surface area contributed by atoms with E-state index in [1.54, 1.807) is 11.3 Å². The van der Waals surface area contributed by atoms with Crippen molar-refractivity contribution < 1.29 is 0 Å². The average Bonchev–Trinajstić information content (AvgIpc) is 3.55. The highest BCUT2D eigenvalue weighted by Gasteiger charge is 2.32. The van der Waals surface area contributed by atoms with E-state index in [0.717, 1.165) is 34.3 Å². The number of aryl methyl sites for hydroxylation is 1. The summed E-state index contributed by atoms with van der Waals surface area (Å²) in [5.74, 6) is 0.589. The summed E-state index contributed by atoms with van der Waals surface area (Å²) in [6.07, 6.45) is 0.798. The van der Waals surface area contributed by atoms with E-state index in [2.05, 4.69) is 60.8 Å². The molecule has 1 aliphatic rings. The predicted octanol–water partition coefficient (Wildman–Crippen LogP) is 7.68. The van der Waals surface area contributed by atoms with E-state index in [1.807, 2.05) is 41.4 Å². The molecular formula is C28H21ClN4S.